The molecule has 0 atom stereocenters. The average molecular weight is 247 g/mol. The molecular formula is C15H25N3. The molecule has 3 nitrogen and oxygen atoms in total. The summed E-state index contributed by atoms with van der Waals surface area (Å²) in [5.41, 5.74) is 2.57. The average Bonchev–Trinajstić information content (AvgIpc) is 2.42. The molecule has 0 radical (unpaired) electrons. The molecule has 2 rings (SSSR count). The molecule has 0 amide bonds. The van der Waals surface area contributed by atoms with Crippen molar-refractivity contribution in [3.63, 3.8) is 0 Å². The molecule has 0 spiro atoms. The summed E-state index contributed by atoms with van der Waals surface area (Å²) in [5, 5.41) is 3.22. The second-order valence-corrected chi connectivity index (χ2v) is 5.27. The third-order valence-electron chi connectivity index (χ3n) is 4.01. The van der Waals surface area contributed by atoms with Crippen LogP contribution in [0.1, 0.15) is 37.4 Å². The SMILES string of the molecule is CCC1CCN(Cc2ncccc2CNC)CC1. The smallest absolute Gasteiger partial charge is 0.0588 e. The fourth-order valence-electron chi connectivity index (χ4n) is 2.73. The van der Waals surface area contributed by atoms with Gasteiger partial charge in [0.1, 0.15) is 0 Å². The molecule has 1 aromatic rings. The van der Waals surface area contributed by atoms with Gasteiger partial charge in [-0.05, 0) is 50.5 Å². The maximum Gasteiger partial charge on any atom is 0.0588 e. The first-order valence-corrected chi connectivity index (χ1v) is 7.13. The van der Waals surface area contributed by atoms with Crippen LogP contribution in [-0.2, 0) is 13.1 Å². The lowest BCUT2D eigenvalue weighted by molar-refractivity contribution is 0.173. The van der Waals surface area contributed by atoms with Crippen molar-refractivity contribution in [3.05, 3.63) is 29.6 Å². The largest absolute Gasteiger partial charge is 0.316 e. The van der Waals surface area contributed by atoms with Crippen LogP contribution in [0.3, 0.4) is 0 Å². The molecule has 18 heavy (non-hydrogen) atoms. The molecule has 0 aromatic carbocycles. The first-order valence-electron chi connectivity index (χ1n) is 7.13. The maximum absolute atomic E-state index is 4.55. The summed E-state index contributed by atoms with van der Waals surface area (Å²) >= 11 is 0. The molecule has 0 bridgehead atoms. The van der Waals surface area contributed by atoms with Crippen LogP contribution in [0.2, 0.25) is 0 Å². The van der Waals surface area contributed by atoms with Crippen molar-refractivity contribution in [3.8, 4) is 0 Å². The van der Waals surface area contributed by atoms with Gasteiger partial charge in [0.05, 0.1) is 5.69 Å². The van der Waals surface area contributed by atoms with E-state index >= 15 is 0 Å². The van der Waals surface area contributed by atoms with Crippen LogP contribution in [0.4, 0.5) is 0 Å². The molecule has 1 aromatic heterocycles. The predicted molar refractivity (Wildman–Crippen MR) is 75.3 cm³/mol. The number of rotatable bonds is 5. The fraction of sp³-hybridized carbons (Fsp3) is 0.667. The molecule has 2 heterocycles. The van der Waals surface area contributed by atoms with Crippen LogP contribution in [0.5, 0.6) is 0 Å². The van der Waals surface area contributed by atoms with Crippen molar-refractivity contribution in [2.45, 2.75) is 39.3 Å². The van der Waals surface area contributed by atoms with Gasteiger partial charge >= 0.3 is 0 Å². The Kier molecular flexibility index (Phi) is 5.14. The summed E-state index contributed by atoms with van der Waals surface area (Å²) < 4.78 is 0. The Morgan fingerprint density at radius 2 is 2.17 bits per heavy atom. The molecule has 1 aliphatic rings. The van der Waals surface area contributed by atoms with Crippen LogP contribution in [0, 0.1) is 5.92 Å². The maximum atomic E-state index is 4.55. The molecular weight excluding hydrogens is 222 g/mol. The predicted octanol–water partition coefficient (Wildman–Crippen LogP) is 2.42. The van der Waals surface area contributed by atoms with Crippen molar-refractivity contribution in [1.29, 1.82) is 0 Å². The molecule has 0 aliphatic carbocycles. The minimum atomic E-state index is 0.911. The molecule has 1 aliphatic heterocycles. The molecule has 1 saturated heterocycles. The second kappa shape index (κ2) is 6.86. The minimum absolute atomic E-state index is 0.911. The van der Waals surface area contributed by atoms with E-state index in [4.69, 9.17) is 0 Å². The number of nitrogens with zero attached hydrogens (tertiary/aromatic N) is 2. The number of likely N-dealkylation sites (tertiary alicyclic amines) is 1. The lowest BCUT2D eigenvalue weighted by Crippen LogP contribution is -2.33. The third-order valence-corrected chi connectivity index (χ3v) is 4.01. The monoisotopic (exact) mass is 247 g/mol. The molecule has 0 saturated carbocycles. The molecule has 1 N–H and O–H groups in total. The van der Waals surface area contributed by atoms with E-state index in [0.717, 1.165) is 19.0 Å². The van der Waals surface area contributed by atoms with Crippen molar-refractivity contribution in [1.82, 2.24) is 15.2 Å². The van der Waals surface area contributed by atoms with E-state index in [-0.39, 0.29) is 0 Å². The van der Waals surface area contributed by atoms with Gasteiger partial charge in [0.25, 0.3) is 0 Å². The van der Waals surface area contributed by atoms with Crippen LogP contribution >= 0.6 is 0 Å². The van der Waals surface area contributed by atoms with Gasteiger partial charge in [-0.2, -0.15) is 0 Å². The van der Waals surface area contributed by atoms with Crippen molar-refractivity contribution < 1.29 is 0 Å². The normalized spacial score (nSPS) is 18.1. The van der Waals surface area contributed by atoms with Crippen molar-refractivity contribution in [2.75, 3.05) is 20.1 Å². The highest BCUT2D eigenvalue weighted by Crippen LogP contribution is 2.21. The van der Waals surface area contributed by atoms with Gasteiger partial charge in [-0.25, -0.2) is 0 Å². The highest BCUT2D eigenvalue weighted by molar-refractivity contribution is 5.19. The minimum Gasteiger partial charge on any atom is -0.316 e. The van der Waals surface area contributed by atoms with Gasteiger partial charge in [-0.1, -0.05) is 19.4 Å². The Hall–Kier alpha value is -0.930. The summed E-state index contributed by atoms with van der Waals surface area (Å²) in [7, 11) is 1.99. The van der Waals surface area contributed by atoms with E-state index in [2.05, 4.69) is 28.2 Å². The quantitative estimate of drug-likeness (QED) is 0.866. The highest BCUT2D eigenvalue weighted by atomic mass is 15.1. The van der Waals surface area contributed by atoms with Crippen LogP contribution in [0.15, 0.2) is 18.3 Å². The van der Waals surface area contributed by atoms with E-state index in [0.29, 0.717) is 0 Å². The Morgan fingerprint density at radius 1 is 1.39 bits per heavy atom. The van der Waals surface area contributed by atoms with E-state index in [1.165, 1.54) is 43.6 Å². The Labute approximate surface area is 111 Å². The summed E-state index contributed by atoms with van der Waals surface area (Å²) in [5.74, 6) is 0.946. The Morgan fingerprint density at radius 3 is 2.83 bits per heavy atom. The fourth-order valence-corrected chi connectivity index (χ4v) is 2.73. The highest BCUT2D eigenvalue weighted by Gasteiger charge is 2.18. The van der Waals surface area contributed by atoms with Gasteiger partial charge in [-0.3, -0.25) is 9.88 Å². The van der Waals surface area contributed by atoms with Gasteiger partial charge in [-0.15, -0.1) is 0 Å². The number of hydrogen-bond acceptors (Lipinski definition) is 3. The standard InChI is InChI=1S/C15H25N3/c1-3-13-6-9-18(10-7-13)12-15-14(11-16-2)5-4-8-17-15/h4-5,8,13,16H,3,6-7,9-12H2,1-2H3. The van der Waals surface area contributed by atoms with E-state index in [1.54, 1.807) is 0 Å². The second-order valence-electron chi connectivity index (χ2n) is 5.27. The van der Waals surface area contributed by atoms with Crippen molar-refractivity contribution in [2.24, 2.45) is 5.92 Å². The molecule has 1 fully saturated rings. The zero-order valence-electron chi connectivity index (χ0n) is 11.7. The van der Waals surface area contributed by atoms with Crippen LogP contribution in [0.25, 0.3) is 0 Å². The van der Waals surface area contributed by atoms with Gasteiger partial charge < -0.3 is 5.32 Å². The topological polar surface area (TPSA) is 28.2 Å². The number of nitrogens with one attached hydrogen (secondary N) is 1. The van der Waals surface area contributed by atoms with Gasteiger partial charge in [0, 0.05) is 19.3 Å². The van der Waals surface area contributed by atoms with Gasteiger partial charge in [0.2, 0.25) is 0 Å². The number of piperidine rings is 1. The molecule has 3 heteroatoms. The zero-order valence-corrected chi connectivity index (χ0v) is 11.7. The first kappa shape index (κ1) is 13.5. The molecule has 100 valence electrons. The number of hydrogen-bond donors (Lipinski definition) is 1. The zero-order chi connectivity index (χ0) is 12.8. The summed E-state index contributed by atoms with van der Waals surface area (Å²) in [6.07, 6.45) is 5.95. The van der Waals surface area contributed by atoms with Gasteiger partial charge in [0.15, 0.2) is 0 Å². The Bertz CT molecular complexity index is 357. The number of pyridine rings is 1. The summed E-state index contributed by atoms with van der Waals surface area (Å²) in [6.45, 7) is 6.69. The Balaban J connectivity index is 1.93. The number of aromatic nitrogens is 1. The lowest BCUT2D eigenvalue weighted by Gasteiger charge is -2.31. The first-order chi connectivity index (χ1) is 8.83. The third kappa shape index (κ3) is 3.53. The van der Waals surface area contributed by atoms with Crippen LogP contribution < -0.4 is 5.32 Å². The van der Waals surface area contributed by atoms with Crippen LogP contribution in [-0.4, -0.2) is 30.0 Å². The van der Waals surface area contributed by atoms with E-state index in [9.17, 15) is 0 Å². The van der Waals surface area contributed by atoms with E-state index < -0.39 is 0 Å². The summed E-state index contributed by atoms with van der Waals surface area (Å²) in [4.78, 5) is 7.10. The summed E-state index contributed by atoms with van der Waals surface area (Å²) in [6, 6.07) is 4.21. The lowest BCUT2D eigenvalue weighted by atomic mass is 9.94. The van der Waals surface area contributed by atoms with E-state index in [1.807, 2.05) is 19.3 Å². The molecule has 0 unspecified atom stereocenters. The van der Waals surface area contributed by atoms with Crippen molar-refractivity contribution >= 4 is 0 Å².